The number of thioether (sulfide) groups is 1. The molecule has 0 atom stereocenters. The Morgan fingerprint density at radius 1 is 1.22 bits per heavy atom. The quantitative estimate of drug-likeness (QED) is 0.608. The second-order valence-corrected chi connectivity index (χ2v) is 7.93. The average Bonchev–Trinajstić information content (AvgIpc) is 2.90. The molecule has 5 nitrogen and oxygen atoms in total. The molecule has 122 valence electrons. The number of nitrogens with zero attached hydrogens (tertiary/aromatic N) is 2. The van der Waals surface area contributed by atoms with Gasteiger partial charge in [0.15, 0.2) is 10.1 Å². The second kappa shape index (κ2) is 8.21. The van der Waals surface area contributed by atoms with Crippen LogP contribution in [0.25, 0.3) is 0 Å². The summed E-state index contributed by atoms with van der Waals surface area (Å²) in [5, 5.41) is 11.6. The lowest BCUT2D eigenvalue weighted by Gasteiger charge is -2.07. The van der Waals surface area contributed by atoms with Gasteiger partial charge in [-0.3, -0.25) is 9.59 Å². The topological polar surface area (TPSA) is 72.0 Å². The predicted molar refractivity (Wildman–Crippen MR) is 94.2 cm³/mol. The van der Waals surface area contributed by atoms with Crippen LogP contribution in [0.2, 0.25) is 0 Å². The van der Waals surface area contributed by atoms with E-state index in [9.17, 15) is 9.59 Å². The standard InChI is InChI=1S/C16H19N3O2S2/c1-10(2)8-15(21)17-13-6-4-12(5-7-13)14(20)9-22-16-19-18-11(3)23-16/h4-7,10H,8-9H2,1-3H3,(H,17,21). The molecule has 23 heavy (non-hydrogen) atoms. The van der Waals surface area contributed by atoms with Crippen molar-refractivity contribution in [2.75, 3.05) is 11.1 Å². The highest BCUT2D eigenvalue weighted by Gasteiger charge is 2.10. The molecule has 2 aromatic rings. The largest absolute Gasteiger partial charge is 0.326 e. The van der Waals surface area contributed by atoms with Crippen LogP contribution in [0, 0.1) is 12.8 Å². The molecule has 0 aliphatic rings. The van der Waals surface area contributed by atoms with E-state index in [1.807, 2.05) is 20.8 Å². The first-order valence-electron chi connectivity index (χ1n) is 7.30. The highest BCUT2D eigenvalue weighted by atomic mass is 32.2. The fraction of sp³-hybridized carbons (Fsp3) is 0.375. The Morgan fingerprint density at radius 2 is 1.91 bits per heavy atom. The summed E-state index contributed by atoms with van der Waals surface area (Å²) in [5.74, 6) is 0.661. The number of hydrogen-bond acceptors (Lipinski definition) is 6. The monoisotopic (exact) mass is 349 g/mol. The van der Waals surface area contributed by atoms with Crippen LogP contribution in [0.1, 0.15) is 35.6 Å². The number of Topliss-reactive ketones (excluding diaryl/α,β-unsaturated/α-hetero) is 1. The Bertz CT molecular complexity index is 681. The summed E-state index contributed by atoms with van der Waals surface area (Å²) in [7, 11) is 0. The molecule has 1 heterocycles. The van der Waals surface area contributed by atoms with Gasteiger partial charge < -0.3 is 5.32 Å². The van der Waals surface area contributed by atoms with E-state index >= 15 is 0 Å². The number of carbonyl (C=O) groups is 2. The summed E-state index contributed by atoms with van der Waals surface area (Å²) in [4.78, 5) is 23.9. The Morgan fingerprint density at radius 3 is 2.48 bits per heavy atom. The number of aromatic nitrogens is 2. The highest BCUT2D eigenvalue weighted by Crippen LogP contribution is 2.23. The molecule has 0 unspecified atom stereocenters. The maximum absolute atomic E-state index is 12.2. The summed E-state index contributed by atoms with van der Waals surface area (Å²) < 4.78 is 0.799. The van der Waals surface area contributed by atoms with Crippen LogP contribution in [0.5, 0.6) is 0 Å². The Hall–Kier alpha value is -1.73. The van der Waals surface area contributed by atoms with Gasteiger partial charge in [0.2, 0.25) is 5.91 Å². The van der Waals surface area contributed by atoms with Crippen LogP contribution in [-0.4, -0.2) is 27.6 Å². The number of carbonyl (C=O) groups excluding carboxylic acids is 2. The van der Waals surface area contributed by atoms with Gasteiger partial charge in [0.1, 0.15) is 5.01 Å². The van der Waals surface area contributed by atoms with E-state index in [0.29, 0.717) is 29.3 Å². The van der Waals surface area contributed by atoms with Crippen molar-refractivity contribution in [2.24, 2.45) is 5.92 Å². The van der Waals surface area contributed by atoms with Crippen molar-refractivity contribution in [3.8, 4) is 0 Å². The Kier molecular flexibility index (Phi) is 6.29. The van der Waals surface area contributed by atoms with Crippen molar-refractivity contribution in [2.45, 2.75) is 31.5 Å². The molecule has 1 aromatic carbocycles. The number of amides is 1. The highest BCUT2D eigenvalue weighted by molar-refractivity contribution is 8.01. The third-order valence-corrected chi connectivity index (χ3v) is 4.89. The Balaban J connectivity index is 1.88. The molecule has 0 saturated heterocycles. The van der Waals surface area contributed by atoms with Gasteiger partial charge in [0.25, 0.3) is 0 Å². The van der Waals surface area contributed by atoms with Crippen molar-refractivity contribution in [3.05, 3.63) is 34.8 Å². The van der Waals surface area contributed by atoms with Gasteiger partial charge in [-0.1, -0.05) is 36.9 Å². The van der Waals surface area contributed by atoms with Crippen molar-refractivity contribution in [1.29, 1.82) is 0 Å². The van der Waals surface area contributed by atoms with Crippen molar-refractivity contribution >= 4 is 40.5 Å². The maximum Gasteiger partial charge on any atom is 0.224 e. The van der Waals surface area contributed by atoms with E-state index in [1.165, 1.54) is 23.1 Å². The molecule has 1 aromatic heterocycles. The van der Waals surface area contributed by atoms with Gasteiger partial charge in [-0.25, -0.2) is 0 Å². The second-order valence-electron chi connectivity index (χ2n) is 5.52. The van der Waals surface area contributed by atoms with E-state index < -0.39 is 0 Å². The number of ketones is 1. The molecule has 1 N–H and O–H groups in total. The lowest BCUT2D eigenvalue weighted by Crippen LogP contribution is -2.14. The zero-order chi connectivity index (χ0) is 16.8. The predicted octanol–water partition coefficient (Wildman–Crippen LogP) is 3.81. The number of nitrogens with one attached hydrogen (secondary N) is 1. The van der Waals surface area contributed by atoms with Gasteiger partial charge >= 0.3 is 0 Å². The molecular formula is C16H19N3O2S2. The number of hydrogen-bond donors (Lipinski definition) is 1. The molecule has 0 radical (unpaired) electrons. The van der Waals surface area contributed by atoms with E-state index in [4.69, 9.17) is 0 Å². The van der Waals surface area contributed by atoms with Crippen LogP contribution < -0.4 is 5.32 Å². The first-order chi connectivity index (χ1) is 10.9. The molecule has 0 saturated carbocycles. The lowest BCUT2D eigenvalue weighted by atomic mass is 10.1. The van der Waals surface area contributed by atoms with Gasteiger partial charge in [0.05, 0.1) is 5.75 Å². The molecule has 0 aliphatic carbocycles. The lowest BCUT2D eigenvalue weighted by molar-refractivity contribution is -0.116. The molecule has 0 aliphatic heterocycles. The molecule has 0 fully saturated rings. The molecule has 0 bridgehead atoms. The minimum absolute atomic E-state index is 0.0127. The number of anilines is 1. The van der Waals surface area contributed by atoms with Gasteiger partial charge in [-0.2, -0.15) is 0 Å². The van der Waals surface area contributed by atoms with Crippen LogP contribution in [0.3, 0.4) is 0 Å². The normalized spacial score (nSPS) is 10.8. The van der Waals surface area contributed by atoms with E-state index in [0.717, 1.165) is 9.35 Å². The third-order valence-electron chi connectivity index (χ3n) is 2.92. The van der Waals surface area contributed by atoms with E-state index in [-0.39, 0.29) is 11.7 Å². The average molecular weight is 349 g/mol. The van der Waals surface area contributed by atoms with Crippen LogP contribution >= 0.6 is 23.1 Å². The smallest absolute Gasteiger partial charge is 0.224 e. The van der Waals surface area contributed by atoms with Gasteiger partial charge in [-0.05, 0) is 37.1 Å². The maximum atomic E-state index is 12.2. The fourth-order valence-electron chi connectivity index (χ4n) is 1.87. The SMILES string of the molecule is Cc1nnc(SCC(=O)c2ccc(NC(=O)CC(C)C)cc2)s1. The summed E-state index contributed by atoms with van der Waals surface area (Å²) in [5.41, 5.74) is 1.33. The zero-order valence-electron chi connectivity index (χ0n) is 13.3. The number of aryl methyl sites for hydroxylation is 1. The summed E-state index contributed by atoms with van der Waals surface area (Å²) in [6, 6.07) is 6.98. The first kappa shape index (κ1) is 17.6. The summed E-state index contributed by atoms with van der Waals surface area (Å²) in [6.45, 7) is 5.88. The van der Waals surface area contributed by atoms with Gasteiger partial charge in [0, 0.05) is 17.7 Å². The molecule has 0 spiro atoms. The van der Waals surface area contributed by atoms with E-state index in [1.54, 1.807) is 24.3 Å². The summed E-state index contributed by atoms with van der Waals surface area (Å²) >= 11 is 2.87. The molecule has 1 amide bonds. The zero-order valence-corrected chi connectivity index (χ0v) is 15.0. The molecule has 2 rings (SSSR count). The van der Waals surface area contributed by atoms with Crippen molar-refractivity contribution in [1.82, 2.24) is 10.2 Å². The molecular weight excluding hydrogens is 330 g/mol. The summed E-state index contributed by atoms with van der Waals surface area (Å²) in [6.07, 6.45) is 0.485. The number of benzene rings is 1. The Labute approximate surface area is 143 Å². The van der Waals surface area contributed by atoms with Crippen molar-refractivity contribution < 1.29 is 9.59 Å². The minimum atomic E-state index is -0.0127. The first-order valence-corrected chi connectivity index (χ1v) is 9.10. The number of rotatable bonds is 7. The fourth-order valence-corrected chi connectivity index (χ4v) is 3.58. The van der Waals surface area contributed by atoms with Crippen molar-refractivity contribution in [3.63, 3.8) is 0 Å². The minimum Gasteiger partial charge on any atom is -0.326 e. The third kappa shape index (κ3) is 5.76. The van der Waals surface area contributed by atoms with Gasteiger partial charge in [-0.15, -0.1) is 10.2 Å². The molecule has 7 heteroatoms. The van der Waals surface area contributed by atoms with Crippen LogP contribution in [-0.2, 0) is 4.79 Å². The van der Waals surface area contributed by atoms with E-state index in [2.05, 4.69) is 15.5 Å². The van der Waals surface area contributed by atoms with Crippen LogP contribution in [0.15, 0.2) is 28.6 Å². The van der Waals surface area contributed by atoms with Crippen LogP contribution in [0.4, 0.5) is 5.69 Å².